The molecule has 0 spiro atoms. The number of rotatable bonds is 4. The van der Waals surface area contributed by atoms with E-state index in [1.165, 1.54) is 11.8 Å². The monoisotopic (exact) mass is 614 g/mol. The Morgan fingerprint density at radius 1 is 0.689 bits per heavy atom. The quantitative estimate of drug-likeness (QED) is 0.302. The second-order valence-electron chi connectivity index (χ2n) is 11.9. The lowest BCUT2D eigenvalue weighted by atomic mass is 10.1. The van der Waals surface area contributed by atoms with Crippen LogP contribution in [0.4, 0.5) is 16.2 Å². The van der Waals surface area contributed by atoms with Gasteiger partial charge in [0.15, 0.2) is 0 Å². The normalized spacial score (nSPS) is 15.4. The van der Waals surface area contributed by atoms with E-state index < -0.39 is 17.5 Å². The summed E-state index contributed by atoms with van der Waals surface area (Å²) < 4.78 is 5.42. The average Bonchev–Trinajstić information content (AvgIpc) is 3.03. The summed E-state index contributed by atoms with van der Waals surface area (Å²) in [7, 11) is 0. The van der Waals surface area contributed by atoms with Gasteiger partial charge < -0.3 is 35.0 Å². The number of carboxylic acids is 2. The molecule has 0 radical (unpaired) electrons. The molecule has 12 nitrogen and oxygen atoms in total. The fourth-order valence-corrected chi connectivity index (χ4v) is 5.25. The summed E-state index contributed by atoms with van der Waals surface area (Å²) in [6.45, 7) is 12.2. The number of benzene rings is 2. The summed E-state index contributed by atoms with van der Waals surface area (Å²) in [6.07, 6.45) is -0.277. The number of carboxylic acid groups (broad SMARTS) is 2. The van der Waals surface area contributed by atoms with Crippen LogP contribution in [0.25, 0.3) is 21.8 Å². The fraction of sp³-hybridized carbons (Fsp3) is 0.364. The molecule has 4 aromatic rings. The summed E-state index contributed by atoms with van der Waals surface area (Å²) in [4.78, 5) is 48.6. The van der Waals surface area contributed by atoms with Crippen LogP contribution in [0.2, 0.25) is 0 Å². The van der Waals surface area contributed by atoms with Gasteiger partial charge in [-0.25, -0.2) is 24.4 Å². The molecule has 3 N–H and O–H groups in total. The number of nitrogens with zero attached hydrogens (tertiary/aromatic N) is 5. The van der Waals surface area contributed by atoms with Crippen LogP contribution in [-0.4, -0.2) is 101 Å². The van der Waals surface area contributed by atoms with Crippen LogP contribution in [0.3, 0.4) is 0 Å². The number of nitrogens with one attached hydrogen (secondary N) is 1. The number of ether oxygens (including phenoxy) is 1. The molecule has 2 fully saturated rings. The Morgan fingerprint density at radius 3 is 1.60 bits per heavy atom. The second-order valence-corrected chi connectivity index (χ2v) is 11.9. The molecule has 12 heteroatoms. The minimum atomic E-state index is -1.03. The van der Waals surface area contributed by atoms with Gasteiger partial charge in [0.25, 0.3) is 0 Å². The highest BCUT2D eigenvalue weighted by atomic mass is 16.6. The minimum absolute atomic E-state index is 0.0382. The van der Waals surface area contributed by atoms with Gasteiger partial charge in [-0.1, -0.05) is 12.1 Å². The van der Waals surface area contributed by atoms with E-state index in [1.807, 2.05) is 57.2 Å². The standard InChI is InChI=1S/C19H23N3O4.C14H15N3O2/c1-19(2,3)26-18(25)22-10-8-21(9-11-22)14-5-7-15-13(12-14)4-6-16(20-15)17(23)24;18-14(19)13-3-1-10-9-11(2-4-12(10)16-13)17-7-5-15-6-8-17/h4-7,12H,8-11H2,1-3H3,(H,23,24);1-4,9,15H,5-8H2,(H,18,19). The lowest BCUT2D eigenvalue weighted by Gasteiger charge is -2.36. The predicted molar refractivity (Wildman–Crippen MR) is 173 cm³/mol. The Labute approximate surface area is 261 Å². The van der Waals surface area contributed by atoms with Crippen molar-refractivity contribution in [1.82, 2.24) is 20.2 Å². The number of carbonyl (C=O) groups excluding carboxylic acids is 1. The Bertz CT molecular complexity index is 1710. The molecule has 0 saturated carbocycles. The molecule has 236 valence electrons. The number of hydrogen-bond acceptors (Lipinski definition) is 9. The molecule has 2 aromatic heterocycles. The van der Waals surface area contributed by atoms with E-state index in [0.29, 0.717) is 31.7 Å². The van der Waals surface area contributed by atoms with E-state index in [1.54, 1.807) is 17.0 Å². The molecule has 2 aliphatic rings. The summed E-state index contributed by atoms with van der Waals surface area (Å²) in [5.41, 5.74) is 3.21. The lowest BCUT2D eigenvalue weighted by molar-refractivity contribution is 0.0240. The number of pyridine rings is 2. The van der Waals surface area contributed by atoms with Crippen LogP contribution in [0.15, 0.2) is 60.7 Å². The topological polar surface area (TPSA) is 148 Å². The number of carbonyl (C=O) groups is 3. The van der Waals surface area contributed by atoms with E-state index in [0.717, 1.165) is 48.2 Å². The maximum absolute atomic E-state index is 12.1. The molecule has 2 aromatic carbocycles. The van der Waals surface area contributed by atoms with Crippen LogP contribution in [0.5, 0.6) is 0 Å². The highest BCUT2D eigenvalue weighted by Crippen LogP contribution is 2.24. The Morgan fingerprint density at radius 2 is 1.16 bits per heavy atom. The van der Waals surface area contributed by atoms with Gasteiger partial charge in [0.05, 0.1) is 11.0 Å². The molecule has 0 unspecified atom stereocenters. The van der Waals surface area contributed by atoms with Gasteiger partial charge in [-0.2, -0.15) is 0 Å². The maximum Gasteiger partial charge on any atom is 0.410 e. The zero-order valence-corrected chi connectivity index (χ0v) is 25.7. The van der Waals surface area contributed by atoms with Gasteiger partial charge in [0.1, 0.15) is 17.0 Å². The van der Waals surface area contributed by atoms with Crippen LogP contribution < -0.4 is 15.1 Å². The van der Waals surface area contributed by atoms with Crippen LogP contribution in [-0.2, 0) is 4.74 Å². The Kier molecular flexibility index (Phi) is 9.33. The zero-order valence-electron chi connectivity index (χ0n) is 25.7. The number of hydrogen-bond donors (Lipinski definition) is 3. The van der Waals surface area contributed by atoms with Crippen molar-refractivity contribution >= 4 is 51.2 Å². The first-order valence-electron chi connectivity index (χ1n) is 14.9. The van der Waals surface area contributed by atoms with Gasteiger partial charge in [-0.15, -0.1) is 0 Å². The first-order valence-corrected chi connectivity index (χ1v) is 14.9. The fourth-order valence-electron chi connectivity index (χ4n) is 5.25. The molecular weight excluding hydrogens is 576 g/mol. The first-order chi connectivity index (χ1) is 21.5. The number of piperazine rings is 2. The molecule has 0 atom stereocenters. The van der Waals surface area contributed by atoms with Crippen molar-refractivity contribution in [3.8, 4) is 0 Å². The van der Waals surface area contributed by atoms with Crippen molar-refractivity contribution in [2.24, 2.45) is 0 Å². The van der Waals surface area contributed by atoms with Gasteiger partial charge in [0.2, 0.25) is 0 Å². The number of aromatic carboxylic acids is 2. The molecule has 0 bridgehead atoms. The van der Waals surface area contributed by atoms with E-state index in [9.17, 15) is 14.4 Å². The average molecular weight is 615 g/mol. The molecule has 6 rings (SSSR count). The van der Waals surface area contributed by atoms with Crippen LogP contribution in [0.1, 0.15) is 41.7 Å². The van der Waals surface area contributed by atoms with Crippen molar-refractivity contribution in [1.29, 1.82) is 0 Å². The van der Waals surface area contributed by atoms with E-state index >= 15 is 0 Å². The summed E-state index contributed by atoms with van der Waals surface area (Å²) in [5.74, 6) is -2.03. The largest absolute Gasteiger partial charge is 0.477 e. The maximum atomic E-state index is 12.1. The van der Waals surface area contributed by atoms with Crippen molar-refractivity contribution in [3.05, 3.63) is 72.1 Å². The van der Waals surface area contributed by atoms with E-state index in [-0.39, 0.29) is 17.5 Å². The lowest BCUT2D eigenvalue weighted by Crippen LogP contribution is -2.50. The van der Waals surface area contributed by atoms with Gasteiger partial charge in [-0.3, -0.25) is 0 Å². The SMILES string of the molecule is CC(C)(C)OC(=O)N1CCN(c2ccc3nc(C(=O)O)ccc3c2)CC1.O=C(O)c1ccc2cc(N3CCNCC3)ccc2n1. The number of aromatic nitrogens is 2. The third-order valence-corrected chi connectivity index (χ3v) is 7.56. The van der Waals surface area contributed by atoms with Gasteiger partial charge in [0, 0.05) is 74.5 Å². The molecule has 1 amide bonds. The molecular formula is C33H38N6O6. The summed E-state index contributed by atoms with van der Waals surface area (Å²) in [6, 6.07) is 18.4. The number of amides is 1. The van der Waals surface area contributed by atoms with Crippen molar-refractivity contribution in [2.75, 3.05) is 62.2 Å². The predicted octanol–water partition coefficient (Wildman–Crippen LogP) is 4.33. The van der Waals surface area contributed by atoms with E-state index in [4.69, 9.17) is 14.9 Å². The Hall–Kier alpha value is -4.97. The molecule has 45 heavy (non-hydrogen) atoms. The molecule has 2 saturated heterocycles. The van der Waals surface area contributed by atoms with Crippen LogP contribution >= 0.6 is 0 Å². The summed E-state index contributed by atoms with van der Waals surface area (Å²) >= 11 is 0. The first kappa shape index (κ1) is 31.5. The third-order valence-electron chi connectivity index (χ3n) is 7.56. The number of anilines is 2. The number of fused-ring (bicyclic) bond motifs is 2. The van der Waals surface area contributed by atoms with Gasteiger partial charge in [-0.05, 0) is 69.3 Å². The minimum Gasteiger partial charge on any atom is -0.477 e. The van der Waals surface area contributed by atoms with Crippen molar-refractivity contribution in [3.63, 3.8) is 0 Å². The molecule has 0 aliphatic carbocycles. The van der Waals surface area contributed by atoms with Crippen LogP contribution in [0, 0.1) is 0 Å². The molecule has 2 aliphatic heterocycles. The zero-order chi connectivity index (χ0) is 32.1. The highest BCUT2D eigenvalue weighted by molar-refractivity contribution is 5.91. The Balaban J connectivity index is 0.000000186. The van der Waals surface area contributed by atoms with Crippen molar-refractivity contribution < 1.29 is 29.3 Å². The van der Waals surface area contributed by atoms with Gasteiger partial charge >= 0.3 is 18.0 Å². The highest BCUT2D eigenvalue weighted by Gasteiger charge is 2.26. The second kappa shape index (κ2) is 13.3. The summed E-state index contributed by atoms with van der Waals surface area (Å²) in [5, 5.41) is 23.1. The van der Waals surface area contributed by atoms with E-state index in [2.05, 4.69) is 31.2 Å². The van der Waals surface area contributed by atoms with Crippen molar-refractivity contribution in [2.45, 2.75) is 26.4 Å². The molecule has 4 heterocycles. The smallest absolute Gasteiger partial charge is 0.410 e. The third kappa shape index (κ3) is 7.95.